The first-order chi connectivity index (χ1) is 11.7. The summed E-state index contributed by atoms with van der Waals surface area (Å²) in [5.74, 6) is 1.53. The maximum absolute atomic E-state index is 12.9. The second kappa shape index (κ2) is 5.70. The number of hydrogen-bond donors (Lipinski definition) is 2. The van der Waals surface area contributed by atoms with Crippen molar-refractivity contribution >= 4 is 17.4 Å². The van der Waals surface area contributed by atoms with Crippen molar-refractivity contribution in [1.29, 1.82) is 0 Å². The smallest absolute Gasteiger partial charge is 0.232 e. The summed E-state index contributed by atoms with van der Waals surface area (Å²) < 4.78 is 5.16. The number of phenols is 1. The number of aromatic hydroxyl groups is 1. The number of carbonyl (C=O) groups excluding carboxylic acids is 1. The predicted octanol–water partition coefficient (Wildman–Crippen LogP) is 2.36. The van der Waals surface area contributed by atoms with Crippen LogP contribution in [0.2, 0.25) is 0 Å². The second-order valence-electron chi connectivity index (χ2n) is 6.17. The Morgan fingerprint density at radius 1 is 1.42 bits per heavy atom. The zero-order chi connectivity index (χ0) is 16.7. The molecule has 2 N–H and O–H groups in total. The number of anilines is 2. The van der Waals surface area contributed by atoms with Crippen LogP contribution in [-0.2, 0) is 4.79 Å². The van der Waals surface area contributed by atoms with Crippen LogP contribution in [0.4, 0.5) is 11.5 Å². The lowest BCUT2D eigenvalue weighted by atomic mass is 10.1. The van der Waals surface area contributed by atoms with Crippen LogP contribution in [0, 0.1) is 5.92 Å². The van der Waals surface area contributed by atoms with E-state index in [-0.39, 0.29) is 23.5 Å². The van der Waals surface area contributed by atoms with E-state index in [1.165, 1.54) is 7.11 Å². The normalized spacial score (nSPS) is 21.6. The lowest BCUT2D eigenvalue weighted by molar-refractivity contribution is -0.119. The Morgan fingerprint density at radius 3 is 3.12 bits per heavy atom. The Hall–Kier alpha value is -2.76. The summed E-state index contributed by atoms with van der Waals surface area (Å²) in [5, 5.41) is 13.0. The summed E-state index contributed by atoms with van der Waals surface area (Å²) in [6.45, 7) is 1.36. The third-order valence-corrected chi connectivity index (χ3v) is 4.70. The van der Waals surface area contributed by atoms with Crippen molar-refractivity contribution in [3.8, 4) is 11.5 Å². The van der Waals surface area contributed by atoms with E-state index in [0.29, 0.717) is 18.1 Å². The van der Waals surface area contributed by atoms with Crippen molar-refractivity contribution in [3.63, 3.8) is 0 Å². The molecule has 1 aliphatic heterocycles. The summed E-state index contributed by atoms with van der Waals surface area (Å²) in [7, 11) is 1.53. The van der Waals surface area contributed by atoms with Crippen LogP contribution in [0.5, 0.6) is 11.5 Å². The second-order valence-corrected chi connectivity index (χ2v) is 6.17. The molecule has 1 amide bonds. The minimum Gasteiger partial charge on any atom is -0.504 e. The largest absolute Gasteiger partial charge is 0.504 e. The molecule has 0 spiro atoms. The molecular formula is C18H19N3O3. The number of pyridine rings is 1. The zero-order valence-corrected chi connectivity index (χ0v) is 13.4. The van der Waals surface area contributed by atoms with Crippen LogP contribution in [0.25, 0.3) is 0 Å². The van der Waals surface area contributed by atoms with Crippen LogP contribution in [0.1, 0.15) is 17.9 Å². The number of fused-ring (bicyclic) bond motifs is 1. The van der Waals surface area contributed by atoms with Crippen LogP contribution >= 0.6 is 0 Å². The Morgan fingerprint density at radius 2 is 2.29 bits per heavy atom. The average molecular weight is 325 g/mol. The molecule has 1 aliphatic carbocycles. The van der Waals surface area contributed by atoms with Gasteiger partial charge in [-0.1, -0.05) is 6.07 Å². The molecule has 0 saturated heterocycles. The Balaban J connectivity index is 1.54. The zero-order valence-electron chi connectivity index (χ0n) is 13.4. The maximum Gasteiger partial charge on any atom is 0.232 e. The first kappa shape index (κ1) is 14.8. The van der Waals surface area contributed by atoms with E-state index < -0.39 is 0 Å². The first-order valence-corrected chi connectivity index (χ1v) is 8.06. The minimum atomic E-state index is -0.0350. The molecule has 2 aromatic rings. The molecule has 1 saturated carbocycles. The van der Waals surface area contributed by atoms with Crippen molar-refractivity contribution in [1.82, 2.24) is 4.98 Å². The highest BCUT2D eigenvalue weighted by atomic mass is 16.5. The Labute approximate surface area is 140 Å². The number of benzene rings is 1. The fourth-order valence-corrected chi connectivity index (χ4v) is 3.33. The van der Waals surface area contributed by atoms with Gasteiger partial charge < -0.3 is 15.2 Å². The van der Waals surface area contributed by atoms with Crippen molar-refractivity contribution in [2.45, 2.75) is 12.3 Å². The van der Waals surface area contributed by atoms with Gasteiger partial charge in [0.15, 0.2) is 17.3 Å². The number of methoxy groups -OCH3 is 1. The van der Waals surface area contributed by atoms with Gasteiger partial charge in [0.25, 0.3) is 0 Å². The molecule has 4 rings (SSSR count). The summed E-state index contributed by atoms with van der Waals surface area (Å²) >= 11 is 0. The van der Waals surface area contributed by atoms with Gasteiger partial charge in [0.2, 0.25) is 5.91 Å². The highest BCUT2D eigenvalue weighted by Crippen LogP contribution is 2.50. The molecule has 2 unspecified atom stereocenters. The van der Waals surface area contributed by atoms with Gasteiger partial charge >= 0.3 is 0 Å². The van der Waals surface area contributed by atoms with E-state index in [1.807, 2.05) is 24.3 Å². The van der Waals surface area contributed by atoms with E-state index >= 15 is 0 Å². The van der Waals surface area contributed by atoms with Crippen molar-refractivity contribution in [2.24, 2.45) is 5.92 Å². The number of phenolic OH excluding ortho intramolecular Hbond substituents is 1. The third kappa shape index (κ3) is 2.44. The van der Waals surface area contributed by atoms with Crippen LogP contribution < -0.4 is 15.0 Å². The van der Waals surface area contributed by atoms with Gasteiger partial charge in [-0.2, -0.15) is 0 Å². The minimum absolute atomic E-state index is 0.0350. The molecule has 2 atom stereocenters. The number of hydrogen-bond acceptors (Lipinski definition) is 5. The van der Waals surface area contributed by atoms with E-state index in [0.717, 1.165) is 24.2 Å². The van der Waals surface area contributed by atoms with E-state index in [1.54, 1.807) is 17.2 Å². The number of aromatic nitrogens is 1. The lowest BCUT2D eigenvalue weighted by Gasteiger charge is -2.29. The fourth-order valence-electron chi connectivity index (χ4n) is 3.33. The molecule has 1 fully saturated rings. The monoisotopic (exact) mass is 325 g/mol. The molecule has 0 bridgehead atoms. The maximum atomic E-state index is 12.9. The highest BCUT2D eigenvalue weighted by molar-refractivity contribution is 5.99. The molecule has 1 aromatic carbocycles. The van der Waals surface area contributed by atoms with Gasteiger partial charge in [0, 0.05) is 25.2 Å². The van der Waals surface area contributed by atoms with Gasteiger partial charge in [-0.3, -0.25) is 9.69 Å². The quantitative estimate of drug-likeness (QED) is 0.906. The highest BCUT2D eigenvalue weighted by Gasteiger charge is 2.47. The predicted molar refractivity (Wildman–Crippen MR) is 90.6 cm³/mol. The van der Waals surface area contributed by atoms with Crippen LogP contribution in [-0.4, -0.2) is 36.2 Å². The Bertz CT molecular complexity index is 793. The van der Waals surface area contributed by atoms with Crippen LogP contribution in [0.3, 0.4) is 0 Å². The number of amides is 1. The molecule has 24 heavy (non-hydrogen) atoms. The molecule has 1 aromatic heterocycles. The molecule has 0 radical (unpaired) electrons. The molecule has 2 aliphatic rings. The summed E-state index contributed by atoms with van der Waals surface area (Å²) in [4.78, 5) is 19.0. The van der Waals surface area contributed by atoms with E-state index in [4.69, 9.17) is 4.74 Å². The number of nitrogens with one attached hydrogen (secondary N) is 1. The summed E-state index contributed by atoms with van der Waals surface area (Å²) in [6, 6.07) is 9.10. The number of carbonyl (C=O) groups is 1. The molecule has 6 nitrogen and oxygen atoms in total. The Kier molecular flexibility index (Phi) is 3.52. The van der Waals surface area contributed by atoms with Gasteiger partial charge in [0.05, 0.1) is 12.8 Å². The molecule has 6 heteroatoms. The average Bonchev–Trinajstić information content (AvgIpc) is 3.42. The fraction of sp³-hybridized carbons (Fsp3) is 0.333. The van der Waals surface area contributed by atoms with E-state index in [2.05, 4.69) is 10.3 Å². The summed E-state index contributed by atoms with van der Waals surface area (Å²) in [6.07, 6.45) is 2.53. The molecule has 124 valence electrons. The van der Waals surface area contributed by atoms with Gasteiger partial charge in [-0.05, 0) is 42.2 Å². The number of nitrogens with zero attached hydrogens (tertiary/aromatic N) is 2. The standard InChI is InChI=1S/C18H19N3O3/c1-24-16-9-11(4-5-15(16)22)12-10-13(12)18(23)21-8-7-19-14-3-2-6-20-17(14)21/h2-6,9,12-13,19,22H,7-8,10H2,1H3. The first-order valence-electron chi connectivity index (χ1n) is 8.06. The summed E-state index contributed by atoms with van der Waals surface area (Å²) in [5.41, 5.74) is 1.93. The van der Waals surface area contributed by atoms with Gasteiger partial charge in [-0.15, -0.1) is 0 Å². The number of rotatable bonds is 3. The molecule has 2 heterocycles. The molecular weight excluding hydrogens is 306 g/mol. The lowest BCUT2D eigenvalue weighted by Crippen LogP contribution is -2.40. The van der Waals surface area contributed by atoms with E-state index in [9.17, 15) is 9.90 Å². The van der Waals surface area contributed by atoms with Crippen molar-refractivity contribution < 1.29 is 14.6 Å². The third-order valence-electron chi connectivity index (χ3n) is 4.70. The van der Waals surface area contributed by atoms with Crippen molar-refractivity contribution in [2.75, 3.05) is 30.4 Å². The SMILES string of the molecule is COc1cc(C2CC2C(=O)N2CCNc3cccnc32)ccc1O. The van der Waals surface area contributed by atoms with Crippen molar-refractivity contribution in [3.05, 3.63) is 42.1 Å². The van der Waals surface area contributed by atoms with Gasteiger partial charge in [0.1, 0.15) is 0 Å². The number of ether oxygens (including phenoxy) is 1. The van der Waals surface area contributed by atoms with Gasteiger partial charge in [-0.25, -0.2) is 4.98 Å². The topological polar surface area (TPSA) is 74.7 Å². The van der Waals surface area contributed by atoms with Crippen LogP contribution in [0.15, 0.2) is 36.5 Å².